The van der Waals surface area contributed by atoms with Crippen LogP contribution in [0.3, 0.4) is 0 Å². The molecule has 11 aromatic carbocycles. The van der Waals surface area contributed by atoms with Crippen molar-refractivity contribution in [3.8, 4) is 23.0 Å². The lowest BCUT2D eigenvalue weighted by molar-refractivity contribution is 0.0877. The molecule has 15 rings (SSSR count). The van der Waals surface area contributed by atoms with E-state index < -0.39 is 23.6 Å². The van der Waals surface area contributed by atoms with Crippen molar-refractivity contribution >= 4 is 122 Å². The zero-order valence-corrected chi connectivity index (χ0v) is 36.7. The lowest BCUT2D eigenvalue weighted by Gasteiger charge is -2.30. The lowest BCUT2D eigenvalue weighted by atomic mass is 9.82. The first-order chi connectivity index (χ1) is 34.3. The van der Waals surface area contributed by atoms with Gasteiger partial charge >= 0.3 is 0 Å². The lowest BCUT2D eigenvalue weighted by Crippen LogP contribution is -2.40. The summed E-state index contributed by atoms with van der Waals surface area (Å²) >= 11 is 0. The minimum atomic E-state index is -0.432. The highest BCUT2D eigenvalue weighted by Gasteiger charge is 2.38. The van der Waals surface area contributed by atoms with E-state index in [1.165, 1.54) is 9.80 Å². The average molecular weight is 905 g/mol. The number of anilines is 2. The quantitative estimate of drug-likeness (QED) is 0.0972. The maximum atomic E-state index is 14.5. The van der Waals surface area contributed by atoms with E-state index in [-0.39, 0.29) is 0 Å². The summed E-state index contributed by atoms with van der Waals surface area (Å²) in [6, 6.07) is 56.7. The van der Waals surface area contributed by atoms with Crippen molar-refractivity contribution in [3.05, 3.63) is 204 Å². The normalized spacial score (nSPS) is 13.8. The van der Waals surface area contributed by atoms with Gasteiger partial charge in [0.2, 0.25) is 0 Å². The number of ether oxygens (including phenoxy) is 2. The third kappa shape index (κ3) is 5.26. The Bertz CT molecular complexity index is 4100. The van der Waals surface area contributed by atoms with Crippen LogP contribution in [0.15, 0.2) is 182 Å². The Morgan fingerprint density at radius 1 is 0.286 bits per heavy atom. The summed E-state index contributed by atoms with van der Waals surface area (Å²) < 4.78 is 12.5. The van der Waals surface area contributed by atoms with Gasteiger partial charge < -0.3 is 19.4 Å². The van der Waals surface area contributed by atoms with Crippen LogP contribution >= 0.6 is 0 Å². The molecule has 2 N–H and O–H groups in total. The van der Waals surface area contributed by atoms with Crippen LogP contribution in [-0.2, 0) is 0 Å². The van der Waals surface area contributed by atoms with Gasteiger partial charge in [0.25, 0.3) is 23.6 Å². The van der Waals surface area contributed by atoms with Gasteiger partial charge in [0.15, 0.2) is 0 Å². The van der Waals surface area contributed by atoms with E-state index in [0.29, 0.717) is 67.4 Å². The molecule has 0 spiro atoms. The van der Waals surface area contributed by atoms with Crippen molar-refractivity contribution in [3.63, 3.8) is 0 Å². The van der Waals surface area contributed by atoms with Crippen LogP contribution in [0, 0.1) is 0 Å². The predicted molar refractivity (Wildman–Crippen MR) is 275 cm³/mol. The fraction of sp³-hybridized carbons (Fsp3) is 0. The summed E-state index contributed by atoms with van der Waals surface area (Å²) in [5.41, 5.74) is 6.48. The molecule has 328 valence electrons. The number of benzene rings is 11. The minimum Gasteiger partial charge on any atom is -0.457 e. The van der Waals surface area contributed by atoms with Crippen molar-refractivity contribution in [1.82, 2.24) is 9.97 Å². The van der Waals surface area contributed by atoms with Gasteiger partial charge in [-0.25, -0.2) is 9.80 Å². The molecule has 13 aromatic rings. The SMILES string of the molecule is O=C1c2ccc3c4ccc5c6c(ccc(c7ccc(c2c37)C(=O)N1c1ccc(Oc2ccc3c(c2)[nH]c2ccccc23)cc1)c64)C(=O)N(c1ccc(Oc2ccc3c(c2)[nH]c2ccccc23)cc1)C5=O. The van der Waals surface area contributed by atoms with Crippen molar-refractivity contribution < 1.29 is 28.7 Å². The Morgan fingerprint density at radius 2 is 0.600 bits per heavy atom. The van der Waals surface area contributed by atoms with Crippen LogP contribution in [0.25, 0.3) is 86.7 Å². The first-order valence-corrected chi connectivity index (χ1v) is 22.9. The molecule has 0 bridgehead atoms. The number of amides is 4. The fourth-order valence-corrected chi connectivity index (χ4v) is 11.1. The third-order valence-corrected chi connectivity index (χ3v) is 14.3. The molecule has 10 heteroatoms. The molecular weight excluding hydrogens is 873 g/mol. The number of H-pyrrole nitrogens is 2. The van der Waals surface area contributed by atoms with Gasteiger partial charge in [-0.2, -0.15) is 0 Å². The van der Waals surface area contributed by atoms with Gasteiger partial charge in [-0.05, 0) is 142 Å². The van der Waals surface area contributed by atoms with Gasteiger partial charge in [0.1, 0.15) is 23.0 Å². The van der Waals surface area contributed by atoms with E-state index in [1.807, 2.05) is 97.1 Å². The summed E-state index contributed by atoms with van der Waals surface area (Å²) in [5, 5.41) is 10.5. The Labute approximate surface area is 395 Å². The monoisotopic (exact) mass is 904 g/mol. The van der Waals surface area contributed by atoms with Crippen molar-refractivity contribution in [2.45, 2.75) is 0 Å². The van der Waals surface area contributed by atoms with Crippen LogP contribution in [0.5, 0.6) is 23.0 Å². The number of hydrogen-bond acceptors (Lipinski definition) is 6. The highest BCUT2D eigenvalue weighted by Crippen LogP contribution is 2.47. The van der Waals surface area contributed by atoms with Crippen LogP contribution < -0.4 is 19.3 Å². The number of carbonyl (C=O) groups excluding carboxylic acids is 4. The van der Waals surface area contributed by atoms with E-state index in [4.69, 9.17) is 9.47 Å². The fourth-order valence-electron chi connectivity index (χ4n) is 11.1. The van der Waals surface area contributed by atoms with Gasteiger partial charge in [0, 0.05) is 77.7 Å². The van der Waals surface area contributed by atoms with Crippen LogP contribution in [0.4, 0.5) is 11.4 Å². The Hall–Kier alpha value is -9.80. The van der Waals surface area contributed by atoms with Crippen LogP contribution in [-0.4, -0.2) is 33.6 Å². The number of aromatic amines is 2. The molecule has 0 radical (unpaired) electrons. The van der Waals surface area contributed by atoms with E-state index in [2.05, 4.69) is 22.1 Å². The molecule has 0 aliphatic carbocycles. The zero-order valence-electron chi connectivity index (χ0n) is 36.7. The summed E-state index contributed by atoms with van der Waals surface area (Å²) in [4.78, 5) is 67.2. The first-order valence-electron chi connectivity index (χ1n) is 22.9. The number of hydrogen-bond donors (Lipinski definition) is 2. The van der Waals surface area contributed by atoms with E-state index in [9.17, 15) is 19.2 Å². The molecule has 0 fully saturated rings. The number of rotatable bonds is 6. The maximum absolute atomic E-state index is 14.5. The van der Waals surface area contributed by atoms with Crippen molar-refractivity contribution in [2.75, 3.05) is 9.80 Å². The molecule has 0 saturated heterocycles. The average Bonchev–Trinajstić information content (AvgIpc) is 3.95. The van der Waals surface area contributed by atoms with Crippen molar-refractivity contribution in [1.29, 1.82) is 0 Å². The number of fused-ring (bicyclic) bond motifs is 8. The second kappa shape index (κ2) is 13.9. The van der Waals surface area contributed by atoms with E-state index in [0.717, 1.165) is 75.9 Å². The van der Waals surface area contributed by atoms with E-state index in [1.54, 1.807) is 72.8 Å². The van der Waals surface area contributed by atoms with E-state index >= 15 is 0 Å². The molecule has 70 heavy (non-hydrogen) atoms. The maximum Gasteiger partial charge on any atom is 0.265 e. The number of aromatic nitrogens is 2. The highest BCUT2D eigenvalue weighted by molar-refractivity contribution is 6.45. The van der Waals surface area contributed by atoms with Gasteiger partial charge in [0.05, 0.1) is 22.4 Å². The Morgan fingerprint density at radius 3 is 0.971 bits per heavy atom. The minimum absolute atomic E-state index is 0.406. The smallest absolute Gasteiger partial charge is 0.265 e. The number of para-hydroxylation sites is 2. The number of nitrogens with one attached hydrogen (secondary N) is 2. The highest BCUT2D eigenvalue weighted by atomic mass is 16.5. The molecule has 10 nitrogen and oxygen atoms in total. The Kier molecular flexibility index (Phi) is 7.60. The zero-order chi connectivity index (χ0) is 46.5. The number of carbonyl (C=O) groups is 4. The molecule has 0 atom stereocenters. The topological polar surface area (TPSA) is 125 Å². The molecular formula is C60H32N4O6. The summed E-state index contributed by atoms with van der Waals surface area (Å²) in [7, 11) is 0. The molecule has 2 aliphatic rings. The van der Waals surface area contributed by atoms with Crippen LogP contribution in [0.1, 0.15) is 41.4 Å². The van der Waals surface area contributed by atoms with Gasteiger partial charge in [-0.3, -0.25) is 19.2 Å². The summed E-state index contributed by atoms with van der Waals surface area (Å²) in [6.45, 7) is 0. The molecule has 2 aliphatic heterocycles. The van der Waals surface area contributed by atoms with Crippen LogP contribution in [0.2, 0.25) is 0 Å². The first kappa shape index (κ1) is 38.3. The second-order valence-corrected chi connectivity index (χ2v) is 18.0. The molecule has 2 aromatic heterocycles. The summed E-state index contributed by atoms with van der Waals surface area (Å²) in [6.07, 6.45) is 0. The third-order valence-electron chi connectivity index (χ3n) is 14.3. The number of nitrogens with zero attached hydrogens (tertiary/aromatic N) is 2. The molecule has 4 heterocycles. The van der Waals surface area contributed by atoms with Gasteiger partial charge in [-0.1, -0.05) is 60.7 Å². The molecule has 0 saturated carbocycles. The predicted octanol–water partition coefficient (Wildman–Crippen LogP) is 14.2. The standard InChI is InChI=1S/C60H32N4O6/c65-57-45-25-21-41-43-23-27-47-56-48(60(68)64(59(47)67)32-11-15-34(16-12-32)70-36-18-20-40-38-6-2-4-8-50(38)62-52(40)30-36)28-24-44(54(43)56)42-22-26-46(55(45)53(41)42)58(66)63(57)31-9-13-33(14-10-31)69-35-17-19-39-37-5-1-3-7-49(37)61-51(39)29-35/h1-30,61-62H. The molecule has 0 unspecified atom stereocenters. The Balaban J connectivity index is 0.740. The second-order valence-electron chi connectivity index (χ2n) is 18.0. The van der Waals surface area contributed by atoms with Crippen molar-refractivity contribution in [2.24, 2.45) is 0 Å². The largest absolute Gasteiger partial charge is 0.457 e. The molecule has 4 amide bonds. The van der Waals surface area contributed by atoms with Gasteiger partial charge in [-0.15, -0.1) is 0 Å². The number of imide groups is 2. The summed E-state index contributed by atoms with van der Waals surface area (Å²) in [5.74, 6) is 0.684.